The van der Waals surface area contributed by atoms with E-state index in [0.29, 0.717) is 19.6 Å². The van der Waals surface area contributed by atoms with Crippen molar-refractivity contribution in [3.63, 3.8) is 0 Å². The molecule has 0 amide bonds. The number of anilines is 1. The van der Waals surface area contributed by atoms with E-state index in [2.05, 4.69) is 4.72 Å². The van der Waals surface area contributed by atoms with Crippen LogP contribution in [0.1, 0.15) is 30.4 Å². The molecule has 1 aliphatic carbocycles. The number of nitrogens with two attached hydrogens (primary N) is 1. The molecule has 0 aliphatic heterocycles. The van der Waals surface area contributed by atoms with Crippen molar-refractivity contribution in [1.82, 2.24) is 4.72 Å². The first-order valence-electron chi connectivity index (χ1n) is 7.34. The van der Waals surface area contributed by atoms with E-state index >= 15 is 0 Å². The third-order valence-corrected chi connectivity index (χ3v) is 5.24. The van der Waals surface area contributed by atoms with Crippen LogP contribution in [0.5, 0.6) is 0 Å². The summed E-state index contributed by atoms with van der Waals surface area (Å²) in [6, 6.07) is 3.32. The molecule has 5 nitrogen and oxygen atoms in total. The monoisotopic (exact) mass is 312 g/mol. The van der Waals surface area contributed by atoms with E-state index in [0.717, 1.165) is 23.7 Å². The zero-order chi connectivity index (χ0) is 15.5. The molecule has 1 saturated carbocycles. The fraction of sp³-hybridized carbons (Fsp3) is 0.600. The molecule has 21 heavy (non-hydrogen) atoms. The maximum absolute atomic E-state index is 12.2. The van der Waals surface area contributed by atoms with Gasteiger partial charge in [-0.25, -0.2) is 13.1 Å². The van der Waals surface area contributed by atoms with Crippen LogP contribution in [-0.4, -0.2) is 28.2 Å². The summed E-state index contributed by atoms with van der Waals surface area (Å²) in [6.07, 6.45) is 3.19. The molecular formula is C15H24N2O3S. The lowest BCUT2D eigenvalue weighted by atomic mass is 10.1. The summed E-state index contributed by atoms with van der Waals surface area (Å²) in [6.45, 7) is 5.53. The van der Waals surface area contributed by atoms with Crippen LogP contribution < -0.4 is 10.5 Å². The lowest BCUT2D eigenvalue weighted by molar-refractivity contribution is 0.123. The van der Waals surface area contributed by atoms with Crippen molar-refractivity contribution in [2.24, 2.45) is 5.92 Å². The molecule has 3 N–H and O–H groups in total. The minimum atomic E-state index is -3.55. The molecule has 1 aromatic rings. The lowest BCUT2D eigenvalue weighted by Gasteiger charge is -2.11. The number of nitrogens with one attached hydrogen (secondary N) is 1. The van der Waals surface area contributed by atoms with Crippen molar-refractivity contribution in [2.75, 3.05) is 25.5 Å². The van der Waals surface area contributed by atoms with Gasteiger partial charge in [-0.2, -0.15) is 0 Å². The molecule has 1 aliphatic rings. The molecule has 0 heterocycles. The van der Waals surface area contributed by atoms with Crippen LogP contribution in [-0.2, 0) is 14.8 Å². The number of hydrogen-bond donors (Lipinski definition) is 2. The molecule has 0 radical (unpaired) electrons. The molecule has 118 valence electrons. The fourth-order valence-corrected chi connectivity index (χ4v) is 3.31. The van der Waals surface area contributed by atoms with Gasteiger partial charge in [0.2, 0.25) is 10.0 Å². The summed E-state index contributed by atoms with van der Waals surface area (Å²) >= 11 is 0. The van der Waals surface area contributed by atoms with Gasteiger partial charge < -0.3 is 10.5 Å². The quantitative estimate of drug-likeness (QED) is 0.568. The van der Waals surface area contributed by atoms with E-state index in [1.165, 1.54) is 12.8 Å². The number of hydrogen-bond acceptors (Lipinski definition) is 4. The molecule has 1 fully saturated rings. The van der Waals surface area contributed by atoms with Crippen molar-refractivity contribution in [2.45, 2.75) is 38.0 Å². The molecular weight excluding hydrogens is 288 g/mol. The molecule has 2 rings (SSSR count). The van der Waals surface area contributed by atoms with E-state index in [9.17, 15) is 8.42 Å². The summed E-state index contributed by atoms with van der Waals surface area (Å²) in [5, 5.41) is 0. The van der Waals surface area contributed by atoms with Gasteiger partial charge in [-0.3, -0.25) is 0 Å². The second-order valence-electron chi connectivity index (χ2n) is 5.74. The summed E-state index contributed by atoms with van der Waals surface area (Å²) in [5.41, 5.74) is 8.01. The fourth-order valence-electron chi connectivity index (χ4n) is 2.04. The van der Waals surface area contributed by atoms with E-state index in [4.69, 9.17) is 10.5 Å². The van der Waals surface area contributed by atoms with E-state index in [1.54, 1.807) is 12.1 Å². The minimum Gasteiger partial charge on any atom is -0.398 e. The molecule has 0 aromatic heterocycles. The van der Waals surface area contributed by atoms with Crippen LogP contribution in [0, 0.1) is 19.8 Å². The number of nitrogen functional groups attached to an aromatic ring is 1. The number of aryl methyl sites for hydroxylation is 2. The predicted molar refractivity (Wildman–Crippen MR) is 83.7 cm³/mol. The van der Waals surface area contributed by atoms with Gasteiger partial charge in [-0.05, 0) is 62.3 Å². The largest absolute Gasteiger partial charge is 0.398 e. The van der Waals surface area contributed by atoms with Gasteiger partial charge in [0, 0.05) is 19.8 Å². The first-order chi connectivity index (χ1) is 9.90. The summed E-state index contributed by atoms with van der Waals surface area (Å²) in [4.78, 5) is 0.157. The molecule has 1 aromatic carbocycles. The zero-order valence-electron chi connectivity index (χ0n) is 12.7. The van der Waals surface area contributed by atoms with Gasteiger partial charge >= 0.3 is 0 Å². The number of benzene rings is 1. The Morgan fingerprint density at radius 2 is 1.95 bits per heavy atom. The highest BCUT2D eigenvalue weighted by molar-refractivity contribution is 7.89. The Labute approximate surface area is 126 Å². The Morgan fingerprint density at radius 3 is 2.62 bits per heavy atom. The van der Waals surface area contributed by atoms with E-state index in [1.807, 2.05) is 13.8 Å². The van der Waals surface area contributed by atoms with Crippen LogP contribution >= 0.6 is 0 Å². The van der Waals surface area contributed by atoms with Gasteiger partial charge in [-0.1, -0.05) is 0 Å². The van der Waals surface area contributed by atoms with Gasteiger partial charge in [0.25, 0.3) is 0 Å². The second-order valence-corrected chi connectivity index (χ2v) is 7.48. The summed E-state index contributed by atoms with van der Waals surface area (Å²) in [5.74, 6) is 0.733. The van der Waals surface area contributed by atoms with Crippen LogP contribution in [0.4, 0.5) is 5.69 Å². The molecule has 0 atom stereocenters. The molecule has 6 heteroatoms. The number of ether oxygens (including phenoxy) is 1. The van der Waals surface area contributed by atoms with Crippen molar-refractivity contribution < 1.29 is 13.2 Å². The maximum atomic E-state index is 12.2. The minimum absolute atomic E-state index is 0.157. The third-order valence-electron chi connectivity index (χ3n) is 3.72. The van der Waals surface area contributed by atoms with Crippen molar-refractivity contribution in [1.29, 1.82) is 0 Å². The highest BCUT2D eigenvalue weighted by Crippen LogP contribution is 2.28. The maximum Gasteiger partial charge on any atom is 0.242 e. The Balaban J connectivity index is 1.84. The van der Waals surface area contributed by atoms with Crippen LogP contribution in [0.3, 0.4) is 0 Å². The van der Waals surface area contributed by atoms with E-state index < -0.39 is 10.0 Å². The first-order valence-corrected chi connectivity index (χ1v) is 8.82. The molecule has 0 spiro atoms. The highest BCUT2D eigenvalue weighted by Gasteiger charge is 2.21. The van der Waals surface area contributed by atoms with Crippen molar-refractivity contribution in [3.05, 3.63) is 23.3 Å². The van der Waals surface area contributed by atoms with Crippen LogP contribution in [0.2, 0.25) is 0 Å². The number of sulfonamides is 1. The molecule has 0 saturated heterocycles. The van der Waals surface area contributed by atoms with Gasteiger partial charge in [0.15, 0.2) is 0 Å². The standard InChI is InChI=1S/C15H24N2O3S/c1-11-8-14(16)15(9-12(11)2)21(18,19)17-6-3-7-20-10-13-4-5-13/h8-9,13,17H,3-7,10,16H2,1-2H3. The molecule has 0 bridgehead atoms. The Morgan fingerprint density at radius 1 is 1.29 bits per heavy atom. The van der Waals surface area contributed by atoms with Crippen molar-refractivity contribution in [3.8, 4) is 0 Å². The van der Waals surface area contributed by atoms with Gasteiger partial charge in [0.1, 0.15) is 4.90 Å². The molecule has 0 unspecified atom stereocenters. The third kappa shape index (κ3) is 4.69. The summed E-state index contributed by atoms with van der Waals surface area (Å²) < 4.78 is 32.5. The number of rotatable bonds is 8. The summed E-state index contributed by atoms with van der Waals surface area (Å²) in [7, 11) is -3.55. The average Bonchev–Trinajstić information content (AvgIpc) is 3.22. The lowest BCUT2D eigenvalue weighted by Crippen LogP contribution is -2.26. The Hall–Kier alpha value is -1.11. The highest BCUT2D eigenvalue weighted by atomic mass is 32.2. The van der Waals surface area contributed by atoms with Crippen molar-refractivity contribution >= 4 is 15.7 Å². The normalized spacial score (nSPS) is 15.3. The topological polar surface area (TPSA) is 81.4 Å². The zero-order valence-corrected chi connectivity index (χ0v) is 13.5. The Bertz CT molecular complexity index is 595. The van der Waals surface area contributed by atoms with Gasteiger partial charge in [0.05, 0.1) is 5.69 Å². The second kappa shape index (κ2) is 6.77. The SMILES string of the molecule is Cc1cc(N)c(S(=O)(=O)NCCCOCC2CC2)cc1C. The predicted octanol–water partition coefficient (Wildman–Crippen LogP) is 1.98. The van der Waals surface area contributed by atoms with Gasteiger partial charge in [-0.15, -0.1) is 0 Å². The van der Waals surface area contributed by atoms with E-state index in [-0.39, 0.29) is 10.6 Å². The first kappa shape index (κ1) is 16.3. The van der Waals surface area contributed by atoms with Crippen LogP contribution in [0.25, 0.3) is 0 Å². The smallest absolute Gasteiger partial charge is 0.242 e. The Kier molecular flexibility index (Phi) is 5.24. The van der Waals surface area contributed by atoms with Crippen LogP contribution in [0.15, 0.2) is 17.0 Å². The average molecular weight is 312 g/mol.